The third kappa shape index (κ3) is 3.34. The van der Waals surface area contributed by atoms with E-state index in [2.05, 4.69) is 30.8 Å². The maximum absolute atomic E-state index is 12.2. The summed E-state index contributed by atoms with van der Waals surface area (Å²) in [5.41, 5.74) is 0.333. The smallest absolute Gasteiger partial charge is 0.346 e. The Bertz CT molecular complexity index is 867. The molecule has 3 aromatic rings. The van der Waals surface area contributed by atoms with E-state index < -0.39 is 0 Å². The van der Waals surface area contributed by atoms with Gasteiger partial charge in [-0.05, 0) is 17.3 Å². The van der Waals surface area contributed by atoms with E-state index in [1.807, 2.05) is 6.07 Å². The number of hydrogen-bond donors (Lipinski definition) is 1. The minimum absolute atomic E-state index is 0.0314. The van der Waals surface area contributed by atoms with Crippen LogP contribution >= 0.6 is 0 Å². The largest absolute Gasteiger partial charge is 0.353 e. The zero-order valence-corrected chi connectivity index (χ0v) is 12.9. The molecule has 0 unspecified atom stereocenters. The summed E-state index contributed by atoms with van der Waals surface area (Å²) in [6.07, 6.45) is 2.89. The number of aromatic nitrogens is 8. The molecule has 0 bridgehead atoms. The minimum atomic E-state index is -0.276. The number of tetrazole rings is 1. The van der Waals surface area contributed by atoms with Crippen molar-refractivity contribution in [1.29, 1.82) is 0 Å². The third-order valence-electron chi connectivity index (χ3n) is 3.26. The van der Waals surface area contributed by atoms with E-state index >= 15 is 0 Å². The molecule has 0 radical (unpaired) electrons. The predicted octanol–water partition coefficient (Wildman–Crippen LogP) is -1.55. The molecule has 0 atom stereocenters. The van der Waals surface area contributed by atoms with Crippen LogP contribution in [-0.4, -0.2) is 52.0 Å². The van der Waals surface area contributed by atoms with Gasteiger partial charge in [0.1, 0.15) is 12.2 Å². The Balaban J connectivity index is 1.62. The number of pyridine rings is 1. The fourth-order valence-corrected chi connectivity index (χ4v) is 2.10. The van der Waals surface area contributed by atoms with Gasteiger partial charge >= 0.3 is 5.69 Å². The second-order valence-electron chi connectivity index (χ2n) is 4.92. The molecule has 0 aromatic carbocycles. The van der Waals surface area contributed by atoms with Crippen molar-refractivity contribution < 1.29 is 4.79 Å². The van der Waals surface area contributed by atoms with Crippen LogP contribution in [0.15, 0.2) is 35.5 Å². The van der Waals surface area contributed by atoms with Crippen LogP contribution in [-0.2, 0) is 24.9 Å². The number of hydrogen-bond acceptors (Lipinski definition) is 7. The molecule has 124 valence electrons. The molecule has 11 nitrogen and oxygen atoms in total. The van der Waals surface area contributed by atoms with Crippen molar-refractivity contribution in [3.05, 3.63) is 41.2 Å². The Kier molecular flexibility index (Phi) is 4.40. The monoisotopic (exact) mass is 329 g/mol. The quantitative estimate of drug-likeness (QED) is 0.580. The predicted molar refractivity (Wildman–Crippen MR) is 81.5 cm³/mol. The van der Waals surface area contributed by atoms with Crippen LogP contribution in [0.3, 0.4) is 0 Å². The molecule has 3 aromatic heterocycles. The first-order valence-corrected chi connectivity index (χ1v) is 7.18. The lowest BCUT2D eigenvalue weighted by Gasteiger charge is -2.03. The van der Waals surface area contributed by atoms with Gasteiger partial charge in [-0.3, -0.25) is 14.3 Å². The van der Waals surface area contributed by atoms with E-state index in [1.54, 1.807) is 25.4 Å². The molecule has 3 rings (SSSR count). The molecule has 11 heteroatoms. The topological polar surface area (TPSA) is 125 Å². The van der Waals surface area contributed by atoms with Gasteiger partial charge < -0.3 is 5.32 Å². The van der Waals surface area contributed by atoms with Crippen LogP contribution in [0.4, 0.5) is 0 Å². The highest BCUT2D eigenvalue weighted by atomic mass is 16.2. The van der Waals surface area contributed by atoms with E-state index in [0.717, 1.165) is 0 Å². The fraction of sp³-hybridized carbons (Fsp3) is 0.308. The summed E-state index contributed by atoms with van der Waals surface area (Å²) in [7, 11) is 1.63. The highest BCUT2D eigenvalue weighted by Crippen LogP contribution is 2.09. The number of nitrogens with zero attached hydrogens (tertiary/aromatic N) is 8. The maximum atomic E-state index is 12.2. The van der Waals surface area contributed by atoms with Gasteiger partial charge in [0.15, 0.2) is 12.2 Å². The number of carbonyl (C=O) groups is 1. The highest BCUT2D eigenvalue weighted by Gasteiger charge is 2.13. The van der Waals surface area contributed by atoms with Crippen molar-refractivity contribution in [2.45, 2.75) is 13.1 Å². The summed E-state index contributed by atoms with van der Waals surface area (Å²) in [5.74, 6) is 0.195. The third-order valence-corrected chi connectivity index (χ3v) is 3.26. The zero-order chi connectivity index (χ0) is 16.9. The Morgan fingerprint density at radius 3 is 2.92 bits per heavy atom. The van der Waals surface area contributed by atoms with Crippen molar-refractivity contribution in [1.82, 2.24) is 44.9 Å². The molecule has 0 aliphatic rings. The van der Waals surface area contributed by atoms with E-state index in [1.165, 1.54) is 20.4 Å². The molecule has 0 saturated carbocycles. The van der Waals surface area contributed by atoms with Gasteiger partial charge in [-0.1, -0.05) is 6.07 Å². The van der Waals surface area contributed by atoms with Gasteiger partial charge in [0.25, 0.3) is 0 Å². The summed E-state index contributed by atoms with van der Waals surface area (Å²) in [4.78, 5) is 29.3. The first-order chi connectivity index (χ1) is 11.6. The maximum Gasteiger partial charge on any atom is 0.346 e. The Hall–Kier alpha value is -3.37. The normalized spacial score (nSPS) is 10.7. The molecule has 0 saturated heterocycles. The van der Waals surface area contributed by atoms with Crippen LogP contribution < -0.4 is 11.0 Å². The van der Waals surface area contributed by atoms with E-state index in [0.29, 0.717) is 11.5 Å². The van der Waals surface area contributed by atoms with Gasteiger partial charge in [-0.2, -0.15) is 4.80 Å². The first-order valence-electron chi connectivity index (χ1n) is 7.18. The molecule has 3 heterocycles. The number of rotatable bonds is 6. The molecule has 0 aliphatic carbocycles. The van der Waals surface area contributed by atoms with Crippen LogP contribution in [0.25, 0.3) is 11.5 Å². The van der Waals surface area contributed by atoms with Crippen LogP contribution in [0.2, 0.25) is 0 Å². The average Bonchev–Trinajstić information content (AvgIpc) is 3.19. The number of amides is 1. The Morgan fingerprint density at radius 1 is 1.33 bits per heavy atom. The molecule has 0 fully saturated rings. The van der Waals surface area contributed by atoms with E-state index in [-0.39, 0.29) is 31.2 Å². The Labute approximate surface area is 135 Å². The summed E-state index contributed by atoms with van der Waals surface area (Å²) >= 11 is 0. The van der Waals surface area contributed by atoms with Gasteiger partial charge in [0.2, 0.25) is 5.91 Å². The van der Waals surface area contributed by atoms with E-state index in [4.69, 9.17) is 0 Å². The molecule has 1 N–H and O–H groups in total. The average molecular weight is 329 g/mol. The summed E-state index contributed by atoms with van der Waals surface area (Å²) < 4.78 is 2.71. The molecule has 0 spiro atoms. The van der Waals surface area contributed by atoms with Crippen molar-refractivity contribution in [2.75, 3.05) is 6.54 Å². The minimum Gasteiger partial charge on any atom is -0.353 e. The van der Waals surface area contributed by atoms with Gasteiger partial charge in [-0.25, -0.2) is 9.48 Å². The van der Waals surface area contributed by atoms with Crippen LogP contribution in [0.1, 0.15) is 0 Å². The van der Waals surface area contributed by atoms with Crippen molar-refractivity contribution in [3.63, 3.8) is 0 Å². The second-order valence-corrected chi connectivity index (χ2v) is 4.92. The van der Waals surface area contributed by atoms with Gasteiger partial charge in [-0.15, -0.1) is 15.3 Å². The van der Waals surface area contributed by atoms with Crippen molar-refractivity contribution in [3.8, 4) is 11.5 Å². The van der Waals surface area contributed by atoms with E-state index in [9.17, 15) is 9.59 Å². The summed E-state index contributed by atoms with van der Waals surface area (Å²) in [5, 5.41) is 17.8. The van der Waals surface area contributed by atoms with Gasteiger partial charge in [0, 0.05) is 19.8 Å². The second kappa shape index (κ2) is 6.81. The van der Waals surface area contributed by atoms with Crippen LogP contribution in [0, 0.1) is 0 Å². The molecular weight excluding hydrogens is 314 g/mol. The molecule has 24 heavy (non-hydrogen) atoms. The molecule has 1 amide bonds. The first kappa shape index (κ1) is 15.5. The number of nitrogens with one attached hydrogen (secondary N) is 1. The standard InChI is InChI=1S/C13H15N9O2/c1-20-12(10-4-2-3-5-14-10)18-21(13(20)24)7-6-15-11(23)8-22-17-9-16-19-22/h2-5,9H,6-8H2,1H3,(H,15,23). The molecular formula is C13H15N9O2. The fourth-order valence-electron chi connectivity index (χ4n) is 2.10. The zero-order valence-electron chi connectivity index (χ0n) is 12.9. The summed E-state index contributed by atoms with van der Waals surface area (Å²) in [6.45, 7) is 0.471. The lowest BCUT2D eigenvalue weighted by molar-refractivity contribution is -0.122. The van der Waals surface area contributed by atoms with Gasteiger partial charge in [0.05, 0.1) is 6.54 Å². The lowest BCUT2D eigenvalue weighted by atomic mass is 10.3. The van der Waals surface area contributed by atoms with Crippen molar-refractivity contribution >= 4 is 5.91 Å². The lowest BCUT2D eigenvalue weighted by Crippen LogP contribution is -2.34. The Morgan fingerprint density at radius 2 is 2.21 bits per heavy atom. The molecule has 0 aliphatic heterocycles. The SMILES string of the molecule is Cn1c(-c2ccccn2)nn(CCNC(=O)Cn2ncnn2)c1=O. The van der Waals surface area contributed by atoms with Crippen LogP contribution in [0.5, 0.6) is 0 Å². The highest BCUT2D eigenvalue weighted by molar-refractivity contribution is 5.75. The summed E-state index contributed by atoms with van der Waals surface area (Å²) in [6, 6.07) is 5.39. The van der Waals surface area contributed by atoms with Crippen molar-refractivity contribution in [2.24, 2.45) is 7.05 Å². The number of carbonyl (C=O) groups excluding carboxylic acids is 1.